The van der Waals surface area contributed by atoms with E-state index in [0.717, 1.165) is 52.6 Å². The molecule has 3 aliphatic rings. The van der Waals surface area contributed by atoms with Crippen LogP contribution >= 0.6 is 0 Å². The molecule has 3 fully saturated rings. The van der Waals surface area contributed by atoms with E-state index in [2.05, 4.69) is 51.4 Å². The first-order valence-corrected chi connectivity index (χ1v) is 23.2. The van der Waals surface area contributed by atoms with E-state index >= 15 is 0 Å². The van der Waals surface area contributed by atoms with Crippen molar-refractivity contribution in [3.63, 3.8) is 0 Å². The van der Waals surface area contributed by atoms with Gasteiger partial charge in [0.15, 0.2) is 0 Å². The SMILES string of the molecule is CC1CN1CC(O)COC(=O)NCCCCCCn1c(=O)n(CCCCCCNC(=O)OCC(O)CN2CC2C)c(=O)n(CCCCCCNC(=O)OCC(O)CN2CC2C)c1=O. The number of β-amino-alcohol motifs (C(OH)–C–C–N with tert-alkyl or cyclic N) is 3. The number of carbonyl (C=O) groups is 3. The van der Waals surface area contributed by atoms with Crippen molar-refractivity contribution in [2.45, 2.75) is 154 Å². The lowest BCUT2D eigenvalue weighted by Gasteiger charge is -2.14. The highest BCUT2D eigenvalue weighted by molar-refractivity contribution is 5.67. The van der Waals surface area contributed by atoms with Gasteiger partial charge in [-0.15, -0.1) is 0 Å². The first-order valence-electron chi connectivity index (χ1n) is 23.2. The zero-order chi connectivity index (χ0) is 45.7. The number of aromatic nitrogens is 3. The summed E-state index contributed by atoms with van der Waals surface area (Å²) in [6, 6.07) is 1.35. The summed E-state index contributed by atoms with van der Waals surface area (Å²) in [6.07, 6.45) is 3.68. The van der Waals surface area contributed by atoms with Crippen molar-refractivity contribution in [2.75, 3.05) is 78.7 Å². The molecule has 3 saturated heterocycles. The lowest BCUT2D eigenvalue weighted by atomic mass is 10.2. The minimum Gasteiger partial charge on any atom is -0.447 e. The molecular weight excluding hydrogens is 823 g/mol. The second-order valence-corrected chi connectivity index (χ2v) is 17.5. The first-order chi connectivity index (χ1) is 30.2. The predicted octanol–water partition coefficient (Wildman–Crippen LogP) is 0.227. The number of hydrogen-bond donors (Lipinski definition) is 6. The van der Waals surface area contributed by atoms with Crippen molar-refractivity contribution >= 4 is 18.3 Å². The average Bonchev–Trinajstić information content (AvgIpc) is 4.22. The third kappa shape index (κ3) is 20.1. The molecule has 0 bridgehead atoms. The Hall–Kier alpha value is -4.02. The van der Waals surface area contributed by atoms with Crippen LogP contribution in [0.15, 0.2) is 14.4 Å². The van der Waals surface area contributed by atoms with Gasteiger partial charge in [-0.2, -0.15) is 0 Å². The maximum Gasteiger partial charge on any atom is 0.407 e. The fraction of sp³-hybridized carbons (Fsp3) is 0.857. The molecule has 21 heteroatoms. The van der Waals surface area contributed by atoms with Crippen LogP contribution in [-0.2, 0) is 33.8 Å². The number of nitrogens with one attached hydrogen (secondary N) is 3. The molecule has 4 rings (SSSR count). The van der Waals surface area contributed by atoms with Crippen LogP contribution in [0.3, 0.4) is 0 Å². The van der Waals surface area contributed by atoms with Crippen LogP contribution in [-0.4, -0.2) is 177 Å². The smallest absolute Gasteiger partial charge is 0.407 e. The molecule has 21 nitrogen and oxygen atoms in total. The van der Waals surface area contributed by atoms with Gasteiger partial charge in [0.05, 0.1) is 0 Å². The Kier molecular flexibility index (Phi) is 22.4. The van der Waals surface area contributed by atoms with Gasteiger partial charge in [-0.25, -0.2) is 42.5 Å². The van der Waals surface area contributed by atoms with Gasteiger partial charge >= 0.3 is 35.3 Å². The molecule has 6 N–H and O–H groups in total. The van der Waals surface area contributed by atoms with E-state index in [9.17, 15) is 44.1 Å². The topological polar surface area (TPSA) is 251 Å². The largest absolute Gasteiger partial charge is 0.447 e. The lowest BCUT2D eigenvalue weighted by Crippen LogP contribution is -2.54. The second kappa shape index (κ2) is 27.3. The molecular formula is C42H75N9O12. The van der Waals surface area contributed by atoms with Crippen molar-refractivity contribution in [1.82, 2.24) is 44.4 Å². The molecule has 1 aromatic heterocycles. The zero-order valence-electron chi connectivity index (χ0n) is 37.8. The summed E-state index contributed by atoms with van der Waals surface area (Å²) in [5, 5.41) is 38.1. The summed E-state index contributed by atoms with van der Waals surface area (Å²) in [6.45, 7) is 11.7. The van der Waals surface area contributed by atoms with Gasteiger partial charge in [-0.05, 0) is 59.3 Å². The van der Waals surface area contributed by atoms with Gasteiger partial charge in [0.2, 0.25) is 0 Å². The molecule has 0 spiro atoms. The minimum atomic E-state index is -0.737. The average molecular weight is 898 g/mol. The van der Waals surface area contributed by atoms with Crippen LogP contribution < -0.4 is 33.0 Å². The van der Waals surface area contributed by atoms with Gasteiger partial charge in [0, 0.05) is 96.7 Å². The third-order valence-electron chi connectivity index (χ3n) is 11.6. The summed E-state index contributed by atoms with van der Waals surface area (Å²) in [4.78, 5) is 83.0. The maximum atomic E-state index is 13.6. The van der Waals surface area contributed by atoms with Crippen molar-refractivity contribution < 1.29 is 43.9 Å². The highest BCUT2D eigenvalue weighted by atomic mass is 16.6. The van der Waals surface area contributed by atoms with E-state index in [1.165, 1.54) is 0 Å². The highest BCUT2D eigenvalue weighted by Gasteiger charge is 2.32. The van der Waals surface area contributed by atoms with Crippen LogP contribution in [0.1, 0.15) is 97.8 Å². The molecule has 4 heterocycles. The number of ether oxygens (including phenoxy) is 3. The number of carbonyl (C=O) groups excluding carboxylic acids is 3. The number of hydrogen-bond acceptors (Lipinski definition) is 15. The number of aliphatic hydroxyl groups is 3. The number of unbranched alkanes of at least 4 members (excludes halogenated alkanes) is 9. The Morgan fingerprint density at radius 1 is 0.476 bits per heavy atom. The summed E-state index contributed by atoms with van der Waals surface area (Å²) in [5.74, 6) is 0. The van der Waals surface area contributed by atoms with E-state index in [1.54, 1.807) is 0 Å². The standard InChI is InChI=1S/C42H75N9O12/c1-31-22-46(31)25-34(52)28-61-37(55)43-16-10-4-7-13-19-49-40(58)50(20-14-8-5-11-17-44-38(56)62-29-35(53)26-47-23-32(47)2)42(60)51(41(49)59)21-15-9-6-12-18-45-39(57)63-30-36(54)27-48-24-33(48)3/h31-36,52-54H,4-30H2,1-3H3,(H,43,55)(H,44,56)(H,45,57). The Labute approximate surface area is 370 Å². The van der Waals surface area contributed by atoms with Crippen LogP contribution in [0.2, 0.25) is 0 Å². The van der Waals surface area contributed by atoms with Crippen molar-refractivity contribution in [3.05, 3.63) is 31.5 Å². The second-order valence-electron chi connectivity index (χ2n) is 17.5. The summed E-state index contributed by atoms with van der Waals surface area (Å²) in [7, 11) is 0. The minimum absolute atomic E-state index is 0.0772. The molecule has 1 aromatic rings. The summed E-state index contributed by atoms with van der Waals surface area (Å²) in [5.41, 5.74) is -1.94. The molecule has 0 aliphatic carbocycles. The highest BCUT2D eigenvalue weighted by Crippen LogP contribution is 2.17. The zero-order valence-corrected chi connectivity index (χ0v) is 37.8. The third-order valence-corrected chi connectivity index (χ3v) is 11.6. The molecule has 0 saturated carbocycles. The van der Waals surface area contributed by atoms with E-state index in [4.69, 9.17) is 14.2 Å². The monoisotopic (exact) mass is 898 g/mol. The van der Waals surface area contributed by atoms with E-state index < -0.39 is 53.7 Å². The number of amides is 3. The summed E-state index contributed by atoms with van der Waals surface area (Å²) < 4.78 is 18.7. The molecule has 63 heavy (non-hydrogen) atoms. The fourth-order valence-corrected chi connectivity index (χ4v) is 7.35. The Morgan fingerprint density at radius 2 is 0.714 bits per heavy atom. The molecule has 0 aromatic carbocycles. The Morgan fingerprint density at radius 3 is 0.952 bits per heavy atom. The van der Waals surface area contributed by atoms with Gasteiger partial charge in [-0.1, -0.05) is 38.5 Å². The summed E-state index contributed by atoms with van der Waals surface area (Å²) >= 11 is 0. The first kappa shape index (κ1) is 51.6. The quantitative estimate of drug-likeness (QED) is 0.0314. The van der Waals surface area contributed by atoms with Crippen molar-refractivity contribution in [2.24, 2.45) is 0 Å². The molecule has 9 atom stereocenters. The Balaban J connectivity index is 1.17. The number of aliphatic hydroxyl groups excluding tert-OH is 3. The van der Waals surface area contributed by atoms with E-state index in [1.807, 2.05) is 0 Å². The Bertz CT molecular complexity index is 1520. The van der Waals surface area contributed by atoms with Crippen molar-refractivity contribution in [1.29, 1.82) is 0 Å². The van der Waals surface area contributed by atoms with Crippen molar-refractivity contribution in [3.8, 4) is 0 Å². The normalized spacial score (nSPS) is 22.4. The van der Waals surface area contributed by atoms with Gasteiger partial charge < -0.3 is 45.5 Å². The van der Waals surface area contributed by atoms with Crippen LogP contribution in [0.25, 0.3) is 0 Å². The van der Waals surface area contributed by atoms with E-state index in [-0.39, 0.29) is 39.5 Å². The molecule has 360 valence electrons. The molecule has 9 unspecified atom stereocenters. The van der Waals surface area contributed by atoms with Crippen LogP contribution in [0.5, 0.6) is 0 Å². The number of alkyl carbamates (subject to hydrolysis) is 3. The van der Waals surface area contributed by atoms with Gasteiger partial charge in [0.1, 0.15) is 38.1 Å². The maximum absolute atomic E-state index is 13.6. The number of rotatable bonds is 33. The predicted molar refractivity (Wildman–Crippen MR) is 234 cm³/mol. The van der Waals surface area contributed by atoms with Gasteiger partial charge in [0.25, 0.3) is 0 Å². The fourth-order valence-electron chi connectivity index (χ4n) is 7.35. The molecule has 3 aliphatic heterocycles. The van der Waals surface area contributed by atoms with Crippen LogP contribution in [0.4, 0.5) is 14.4 Å². The molecule has 3 amide bonds. The van der Waals surface area contributed by atoms with Crippen LogP contribution in [0, 0.1) is 0 Å². The number of nitrogens with zero attached hydrogens (tertiary/aromatic N) is 6. The molecule has 0 radical (unpaired) electrons. The van der Waals surface area contributed by atoms with Gasteiger partial charge in [-0.3, -0.25) is 14.7 Å². The van der Waals surface area contributed by atoms with E-state index in [0.29, 0.717) is 115 Å². The lowest BCUT2D eigenvalue weighted by molar-refractivity contribution is 0.0593.